The minimum absolute atomic E-state index is 0.0644. The van der Waals surface area contributed by atoms with Gasteiger partial charge in [-0.2, -0.15) is 0 Å². The fraction of sp³-hybridized carbons (Fsp3) is 0.478. The summed E-state index contributed by atoms with van der Waals surface area (Å²) in [5, 5.41) is 0. The Hall–Kier alpha value is -3.36. The lowest BCUT2D eigenvalue weighted by atomic mass is 10.1. The highest BCUT2D eigenvalue weighted by Gasteiger charge is 2.33. The van der Waals surface area contributed by atoms with Crippen molar-refractivity contribution in [2.24, 2.45) is 0 Å². The summed E-state index contributed by atoms with van der Waals surface area (Å²) < 4.78 is 11.1. The van der Waals surface area contributed by atoms with Crippen molar-refractivity contribution < 1.29 is 19.1 Å². The molecule has 2 fully saturated rings. The van der Waals surface area contributed by atoms with Gasteiger partial charge in [-0.05, 0) is 49.1 Å². The van der Waals surface area contributed by atoms with Crippen molar-refractivity contribution in [1.29, 1.82) is 0 Å². The van der Waals surface area contributed by atoms with E-state index in [2.05, 4.69) is 9.97 Å². The average Bonchev–Trinajstić information content (AvgIpc) is 3.19. The monoisotopic (exact) mass is 439 g/mol. The molecule has 0 aliphatic carbocycles. The van der Waals surface area contributed by atoms with Gasteiger partial charge in [0.1, 0.15) is 18.4 Å². The molecule has 3 amide bonds. The molecule has 4 rings (SSSR count). The van der Waals surface area contributed by atoms with Crippen LogP contribution in [-0.4, -0.2) is 77.6 Å². The highest BCUT2D eigenvalue weighted by Crippen LogP contribution is 2.23. The number of amides is 3. The molecule has 0 spiro atoms. The third kappa shape index (κ3) is 4.92. The molecule has 0 bridgehead atoms. The zero-order valence-corrected chi connectivity index (χ0v) is 18.6. The van der Waals surface area contributed by atoms with Crippen molar-refractivity contribution in [2.45, 2.75) is 32.3 Å². The van der Waals surface area contributed by atoms with E-state index in [0.717, 1.165) is 36.3 Å². The molecule has 2 aliphatic rings. The van der Waals surface area contributed by atoms with Gasteiger partial charge in [-0.15, -0.1) is 0 Å². The lowest BCUT2D eigenvalue weighted by molar-refractivity contribution is -0.134. The van der Waals surface area contributed by atoms with Crippen LogP contribution in [0.15, 0.2) is 36.7 Å². The maximum absolute atomic E-state index is 12.9. The number of rotatable bonds is 7. The molecular formula is C23H29N5O4. The van der Waals surface area contributed by atoms with Gasteiger partial charge in [0.05, 0.1) is 13.7 Å². The fourth-order valence-corrected chi connectivity index (χ4v) is 3.99. The van der Waals surface area contributed by atoms with Crippen LogP contribution in [0.5, 0.6) is 11.8 Å². The summed E-state index contributed by atoms with van der Waals surface area (Å²) in [6.45, 7) is 4.32. The van der Waals surface area contributed by atoms with Gasteiger partial charge in [-0.3, -0.25) is 9.69 Å². The van der Waals surface area contributed by atoms with Gasteiger partial charge < -0.3 is 19.3 Å². The summed E-state index contributed by atoms with van der Waals surface area (Å²) in [7, 11) is 1.61. The number of aromatic nitrogens is 2. The number of ether oxygens (including phenoxy) is 2. The van der Waals surface area contributed by atoms with Gasteiger partial charge >= 0.3 is 12.0 Å². The van der Waals surface area contributed by atoms with Crippen LogP contribution in [0.25, 0.3) is 0 Å². The van der Waals surface area contributed by atoms with Gasteiger partial charge in [0.15, 0.2) is 0 Å². The van der Waals surface area contributed by atoms with E-state index in [1.165, 1.54) is 0 Å². The lowest BCUT2D eigenvalue weighted by Crippen LogP contribution is -2.48. The van der Waals surface area contributed by atoms with Crippen molar-refractivity contribution in [3.63, 3.8) is 0 Å². The maximum Gasteiger partial charge on any atom is 0.325 e. The van der Waals surface area contributed by atoms with E-state index in [0.29, 0.717) is 32.2 Å². The Balaban J connectivity index is 1.31. The van der Waals surface area contributed by atoms with Crippen molar-refractivity contribution in [2.75, 3.05) is 44.7 Å². The van der Waals surface area contributed by atoms with E-state index in [4.69, 9.17) is 9.47 Å². The molecule has 1 aromatic heterocycles. The molecule has 0 radical (unpaired) electrons. The first-order chi connectivity index (χ1) is 15.6. The summed E-state index contributed by atoms with van der Waals surface area (Å²) in [5.74, 6) is 0.673. The van der Waals surface area contributed by atoms with E-state index in [1.54, 1.807) is 34.2 Å². The number of likely N-dealkylation sites (tertiary alicyclic amines) is 1. The van der Waals surface area contributed by atoms with Crippen LogP contribution in [0.2, 0.25) is 0 Å². The molecule has 170 valence electrons. The first kappa shape index (κ1) is 21.9. The fourth-order valence-electron chi connectivity index (χ4n) is 3.99. The van der Waals surface area contributed by atoms with Crippen molar-refractivity contribution in [3.8, 4) is 11.8 Å². The van der Waals surface area contributed by atoms with Crippen LogP contribution in [0.4, 0.5) is 10.5 Å². The number of hydrogen-bond acceptors (Lipinski definition) is 6. The standard InChI is InChI=1S/C23H29N5O4/c1-3-17-13-24-22(25-14-17)32-20-5-4-10-26(15-20)21(29)16-27-11-12-28(23(27)30)18-6-8-19(31-2)9-7-18/h6-9,13-14,20H,3-5,10-12,15-16H2,1-2H3. The molecule has 9 nitrogen and oxygen atoms in total. The number of urea groups is 1. The van der Waals surface area contributed by atoms with Crippen molar-refractivity contribution >= 4 is 17.6 Å². The maximum atomic E-state index is 12.9. The van der Waals surface area contributed by atoms with E-state index in [1.807, 2.05) is 31.2 Å². The van der Waals surface area contributed by atoms with Gasteiger partial charge in [-0.1, -0.05) is 6.92 Å². The first-order valence-electron chi connectivity index (χ1n) is 11.0. The Morgan fingerprint density at radius 3 is 2.56 bits per heavy atom. The van der Waals surface area contributed by atoms with Gasteiger partial charge in [-0.25, -0.2) is 14.8 Å². The quantitative estimate of drug-likeness (QED) is 0.658. The summed E-state index contributed by atoms with van der Waals surface area (Å²) in [6.07, 6.45) is 5.94. The van der Waals surface area contributed by atoms with E-state index >= 15 is 0 Å². The minimum Gasteiger partial charge on any atom is -0.497 e. The SMILES string of the molecule is CCc1cnc(OC2CCCN(C(=O)CN3CCN(c4ccc(OC)cc4)C3=O)C2)nc1. The molecule has 3 heterocycles. The molecule has 2 aromatic rings. The summed E-state index contributed by atoms with van der Waals surface area (Å²) >= 11 is 0. The molecule has 1 atom stereocenters. The number of benzene rings is 1. The largest absolute Gasteiger partial charge is 0.497 e. The molecular weight excluding hydrogens is 410 g/mol. The van der Waals surface area contributed by atoms with Crippen LogP contribution in [-0.2, 0) is 11.2 Å². The van der Waals surface area contributed by atoms with Gasteiger partial charge in [0.2, 0.25) is 5.91 Å². The molecule has 1 aromatic carbocycles. The second-order valence-corrected chi connectivity index (χ2v) is 8.00. The van der Waals surface area contributed by atoms with Crippen LogP contribution in [0.3, 0.4) is 0 Å². The summed E-state index contributed by atoms with van der Waals surface area (Å²) in [5.41, 5.74) is 1.85. The third-order valence-corrected chi connectivity index (χ3v) is 5.90. The molecule has 9 heteroatoms. The third-order valence-electron chi connectivity index (χ3n) is 5.90. The highest BCUT2D eigenvalue weighted by atomic mass is 16.5. The number of nitrogens with zero attached hydrogens (tertiary/aromatic N) is 5. The molecule has 1 unspecified atom stereocenters. The normalized spacial score (nSPS) is 18.8. The highest BCUT2D eigenvalue weighted by molar-refractivity contribution is 5.96. The average molecular weight is 440 g/mol. The molecule has 0 saturated carbocycles. The van der Waals surface area contributed by atoms with E-state index in [9.17, 15) is 9.59 Å². The van der Waals surface area contributed by atoms with E-state index in [-0.39, 0.29) is 24.6 Å². The predicted molar refractivity (Wildman–Crippen MR) is 119 cm³/mol. The Bertz CT molecular complexity index is 934. The smallest absolute Gasteiger partial charge is 0.325 e. The summed E-state index contributed by atoms with van der Waals surface area (Å²) in [4.78, 5) is 39.3. The zero-order chi connectivity index (χ0) is 22.5. The van der Waals surface area contributed by atoms with Gasteiger partial charge in [0, 0.05) is 37.7 Å². The Labute approximate surface area is 187 Å². The lowest BCUT2D eigenvalue weighted by Gasteiger charge is -2.33. The van der Waals surface area contributed by atoms with E-state index < -0.39 is 0 Å². The topological polar surface area (TPSA) is 88.1 Å². The van der Waals surface area contributed by atoms with Crippen LogP contribution in [0, 0.1) is 0 Å². The molecule has 32 heavy (non-hydrogen) atoms. The predicted octanol–water partition coefficient (Wildman–Crippen LogP) is 2.36. The Kier molecular flexibility index (Phi) is 6.72. The number of aryl methyl sites for hydroxylation is 1. The summed E-state index contributed by atoms with van der Waals surface area (Å²) in [6, 6.07) is 7.53. The number of anilines is 1. The second-order valence-electron chi connectivity index (χ2n) is 8.00. The number of carbonyl (C=O) groups excluding carboxylic acids is 2. The number of carbonyl (C=O) groups is 2. The van der Waals surface area contributed by atoms with Crippen LogP contribution >= 0.6 is 0 Å². The number of hydrogen-bond donors (Lipinski definition) is 0. The number of piperidine rings is 1. The minimum atomic E-state index is -0.155. The molecule has 2 saturated heterocycles. The van der Waals surface area contributed by atoms with Crippen LogP contribution < -0.4 is 14.4 Å². The molecule has 0 N–H and O–H groups in total. The Morgan fingerprint density at radius 2 is 1.88 bits per heavy atom. The van der Waals surface area contributed by atoms with Crippen molar-refractivity contribution in [1.82, 2.24) is 19.8 Å². The molecule has 2 aliphatic heterocycles. The first-order valence-corrected chi connectivity index (χ1v) is 11.0. The zero-order valence-electron chi connectivity index (χ0n) is 18.6. The Morgan fingerprint density at radius 1 is 1.12 bits per heavy atom. The van der Waals surface area contributed by atoms with Crippen LogP contribution in [0.1, 0.15) is 25.3 Å². The van der Waals surface area contributed by atoms with Gasteiger partial charge in [0.25, 0.3) is 0 Å². The second kappa shape index (κ2) is 9.84. The van der Waals surface area contributed by atoms with Crippen molar-refractivity contribution in [3.05, 3.63) is 42.2 Å². The number of methoxy groups -OCH3 is 1.